The molecule has 86 valence electrons. The van der Waals surface area contributed by atoms with Crippen molar-refractivity contribution >= 4 is 11.7 Å². The number of aromatic nitrogens is 1. The average Bonchev–Trinajstić information content (AvgIpc) is 2.15. The Morgan fingerprint density at radius 1 is 1.50 bits per heavy atom. The molecule has 1 heterocycles. The number of rotatable bonds is 2. The number of hydrogen-bond donors (Lipinski definition) is 1. The molecule has 0 atom stereocenters. The second kappa shape index (κ2) is 3.88. The average molecular weight is 224 g/mol. The summed E-state index contributed by atoms with van der Waals surface area (Å²) >= 11 is 0. The van der Waals surface area contributed by atoms with Gasteiger partial charge in [-0.25, -0.2) is 9.78 Å². The minimum atomic E-state index is -1.18. The van der Waals surface area contributed by atoms with Gasteiger partial charge in [0, 0.05) is 6.07 Å². The van der Waals surface area contributed by atoms with Crippen LogP contribution in [0.1, 0.15) is 36.8 Å². The van der Waals surface area contributed by atoms with Gasteiger partial charge in [0.1, 0.15) is 6.20 Å². The van der Waals surface area contributed by atoms with Crippen LogP contribution in [0.15, 0.2) is 12.3 Å². The molecule has 0 aliphatic carbocycles. The van der Waals surface area contributed by atoms with Crippen molar-refractivity contribution in [2.75, 3.05) is 0 Å². The highest BCUT2D eigenvalue weighted by Crippen LogP contribution is 2.27. The van der Waals surface area contributed by atoms with Crippen LogP contribution < -0.4 is 0 Å². The minimum absolute atomic E-state index is 0.141. The molecule has 0 bridgehead atoms. The molecule has 0 fully saturated rings. The molecule has 1 rings (SSSR count). The molecule has 0 aliphatic rings. The zero-order valence-electron chi connectivity index (χ0n) is 9.22. The normalized spacial score (nSPS) is 11.2. The van der Waals surface area contributed by atoms with Gasteiger partial charge in [-0.2, -0.15) is 0 Å². The predicted octanol–water partition coefficient (Wildman–Crippen LogP) is 1.99. The molecule has 16 heavy (non-hydrogen) atoms. The molecule has 0 amide bonds. The first-order valence-electron chi connectivity index (χ1n) is 4.61. The van der Waals surface area contributed by atoms with Crippen molar-refractivity contribution in [2.45, 2.75) is 26.2 Å². The summed E-state index contributed by atoms with van der Waals surface area (Å²) in [6.45, 7) is 5.33. The summed E-state index contributed by atoms with van der Waals surface area (Å²) in [7, 11) is 0. The number of carboxylic acids is 1. The molecule has 1 aromatic heterocycles. The summed E-state index contributed by atoms with van der Waals surface area (Å²) in [6, 6.07) is 1.26. The van der Waals surface area contributed by atoms with E-state index in [0.29, 0.717) is 5.56 Å². The number of aromatic carboxylic acids is 1. The Morgan fingerprint density at radius 3 is 2.44 bits per heavy atom. The first-order chi connectivity index (χ1) is 7.23. The summed E-state index contributed by atoms with van der Waals surface area (Å²) in [5.74, 6) is -1.18. The minimum Gasteiger partial charge on any atom is -0.477 e. The Hall–Kier alpha value is -1.98. The zero-order valence-corrected chi connectivity index (χ0v) is 9.22. The SMILES string of the molecule is CC(C)(C)c1cc([N+](=O)[O-])cnc1C(=O)O. The second-order valence-electron chi connectivity index (χ2n) is 4.40. The van der Waals surface area contributed by atoms with E-state index in [1.54, 1.807) is 20.8 Å². The van der Waals surface area contributed by atoms with Gasteiger partial charge in [-0.3, -0.25) is 10.1 Å². The summed E-state index contributed by atoms with van der Waals surface area (Å²) in [4.78, 5) is 24.5. The quantitative estimate of drug-likeness (QED) is 0.612. The summed E-state index contributed by atoms with van der Waals surface area (Å²) in [6.07, 6.45) is 0.957. The Balaban J connectivity index is 3.45. The van der Waals surface area contributed by atoms with E-state index < -0.39 is 16.3 Å². The topological polar surface area (TPSA) is 93.3 Å². The van der Waals surface area contributed by atoms with Crippen molar-refractivity contribution in [3.8, 4) is 0 Å². The second-order valence-corrected chi connectivity index (χ2v) is 4.40. The Labute approximate surface area is 92.1 Å². The smallest absolute Gasteiger partial charge is 0.354 e. The molecular weight excluding hydrogens is 212 g/mol. The lowest BCUT2D eigenvalue weighted by Crippen LogP contribution is -2.18. The van der Waals surface area contributed by atoms with Gasteiger partial charge >= 0.3 is 5.97 Å². The third kappa shape index (κ3) is 2.33. The van der Waals surface area contributed by atoms with Gasteiger partial charge in [0.05, 0.1) is 4.92 Å². The largest absolute Gasteiger partial charge is 0.477 e. The van der Waals surface area contributed by atoms with Gasteiger partial charge in [0.25, 0.3) is 5.69 Å². The number of nitrogens with zero attached hydrogens (tertiary/aromatic N) is 2. The van der Waals surface area contributed by atoms with Crippen LogP contribution in [-0.2, 0) is 5.41 Å². The lowest BCUT2D eigenvalue weighted by atomic mass is 9.85. The van der Waals surface area contributed by atoms with Crippen LogP contribution in [0, 0.1) is 10.1 Å². The first kappa shape index (κ1) is 12.1. The number of carbonyl (C=O) groups is 1. The summed E-state index contributed by atoms with van der Waals surface area (Å²) in [5.41, 5.74) is -0.491. The molecule has 0 aromatic carbocycles. The molecular formula is C10H12N2O4. The standard InChI is InChI=1S/C10H12N2O4/c1-10(2,3)7-4-6(12(15)16)5-11-8(7)9(13)14/h4-5H,1-3H3,(H,13,14). The van der Waals surface area contributed by atoms with Crippen molar-refractivity contribution < 1.29 is 14.8 Å². The first-order valence-corrected chi connectivity index (χ1v) is 4.61. The van der Waals surface area contributed by atoms with Gasteiger partial charge in [-0.15, -0.1) is 0 Å². The van der Waals surface area contributed by atoms with Crippen LogP contribution in [0.5, 0.6) is 0 Å². The summed E-state index contributed by atoms with van der Waals surface area (Å²) in [5, 5.41) is 19.5. The maximum absolute atomic E-state index is 10.9. The van der Waals surface area contributed by atoms with Crippen LogP contribution in [0.4, 0.5) is 5.69 Å². The van der Waals surface area contributed by atoms with E-state index in [-0.39, 0.29) is 11.4 Å². The number of nitro groups is 1. The van der Waals surface area contributed by atoms with E-state index in [4.69, 9.17) is 5.11 Å². The van der Waals surface area contributed by atoms with Gasteiger partial charge in [-0.1, -0.05) is 20.8 Å². The maximum atomic E-state index is 10.9. The van der Waals surface area contributed by atoms with Crippen LogP contribution in [0.25, 0.3) is 0 Å². The highest BCUT2D eigenvalue weighted by Gasteiger charge is 2.25. The third-order valence-electron chi connectivity index (χ3n) is 2.09. The van der Waals surface area contributed by atoms with Crippen LogP contribution in [0.3, 0.4) is 0 Å². The highest BCUT2D eigenvalue weighted by molar-refractivity contribution is 5.87. The lowest BCUT2D eigenvalue weighted by Gasteiger charge is -2.19. The van der Waals surface area contributed by atoms with Crippen molar-refractivity contribution in [3.05, 3.63) is 33.6 Å². The van der Waals surface area contributed by atoms with Crippen LogP contribution >= 0.6 is 0 Å². The van der Waals surface area contributed by atoms with Crippen LogP contribution in [-0.4, -0.2) is 21.0 Å². The molecule has 0 saturated carbocycles. The molecule has 6 heteroatoms. The van der Waals surface area contributed by atoms with Gasteiger partial charge in [-0.05, 0) is 11.0 Å². The van der Waals surface area contributed by atoms with E-state index in [2.05, 4.69) is 4.98 Å². The van der Waals surface area contributed by atoms with E-state index >= 15 is 0 Å². The molecule has 0 aliphatic heterocycles. The fourth-order valence-electron chi connectivity index (χ4n) is 1.30. The Kier molecular flexibility index (Phi) is 2.93. The molecule has 1 N–H and O–H groups in total. The predicted molar refractivity (Wildman–Crippen MR) is 56.6 cm³/mol. The zero-order chi connectivity index (χ0) is 12.5. The fraction of sp³-hybridized carbons (Fsp3) is 0.400. The molecule has 0 saturated heterocycles. The molecule has 6 nitrogen and oxygen atoms in total. The monoisotopic (exact) mass is 224 g/mol. The van der Waals surface area contributed by atoms with Gasteiger partial charge in [0.2, 0.25) is 0 Å². The molecule has 0 spiro atoms. The van der Waals surface area contributed by atoms with Crippen molar-refractivity contribution in [2.24, 2.45) is 0 Å². The number of carboxylic acid groups (broad SMARTS) is 1. The van der Waals surface area contributed by atoms with Crippen molar-refractivity contribution in [1.82, 2.24) is 4.98 Å². The van der Waals surface area contributed by atoms with Crippen molar-refractivity contribution in [1.29, 1.82) is 0 Å². The molecule has 1 aromatic rings. The number of pyridine rings is 1. The highest BCUT2D eigenvalue weighted by atomic mass is 16.6. The molecule has 0 unspecified atom stereocenters. The fourth-order valence-corrected chi connectivity index (χ4v) is 1.30. The van der Waals surface area contributed by atoms with Crippen LogP contribution in [0.2, 0.25) is 0 Å². The number of hydrogen-bond acceptors (Lipinski definition) is 4. The van der Waals surface area contributed by atoms with Crippen molar-refractivity contribution in [3.63, 3.8) is 0 Å². The lowest BCUT2D eigenvalue weighted by molar-refractivity contribution is -0.385. The van der Waals surface area contributed by atoms with E-state index in [9.17, 15) is 14.9 Å². The third-order valence-corrected chi connectivity index (χ3v) is 2.09. The Bertz CT molecular complexity index is 449. The van der Waals surface area contributed by atoms with Gasteiger partial charge in [0.15, 0.2) is 5.69 Å². The van der Waals surface area contributed by atoms with E-state index in [1.165, 1.54) is 6.07 Å². The van der Waals surface area contributed by atoms with E-state index in [1.807, 2.05) is 0 Å². The van der Waals surface area contributed by atoms with Gasteiger partial charge < -0.3 is 5.11 Å². The molecule has 0 radical (unpaired) electrons. The maximum Gasteiger partial charge on any atom is 0.354 e. The van der Waals surface area contributed by atoms with E-state index in [0.717, 1.165) is 6.20 Å². The summed E-state index contributed by atoms with van der Waals surface area (Å²) < 4.78 is 0. The Morgan fingerprint density at radius 2 is 2.06 bits per heavy atom.